The maximum atomic E-state index is 12.1. The van der Waals surface area contributed by atoms with Gasteiger partial charge in [-0.2, -0.15) is 0 Å². The highest BCUT2D eigenvalue weighted by Crippen LogP contribution is 2.33. The molecule has 1 saturated heterocycles. The van der Waals surface area contributed by atoms with Crippen molar-refractivity contribution in [3.63, 3.8) is 0 Å². The molecule has 1 heterocycles. The first-order valence-corrected chi connectivity index (χ1v) is 6.51. The molecule has 0 aliphatic carbocycles. The highest BCUT2D eigenvalue weighted by atomic mass is 16.4. The minimum absolute atomic E-state index is 0.125. The van der Waals surface area contributed by atoms with Gasteiger partial charge in [-0.3, -0.25) is 19.3 Å². The summed E-state index contributed by atoms with van der Waals surface area (Å²) in [6, 6.07) is 0. The third kappa shape index (κ3) is 3.91. The second-order valence-corrected chi connectivity index (χ2v) is 5.63. The van der Waals surface area contributed by atoms with Gasteiger partial charge in [0.05, 0.1) is 0 Å². The zero-order chi connectivity index (χ0) is 14.6. The zero-order valence-electron chi connectivity index (χ0n) is 11.6. The Balaban J connectivity index is 2.50. The summed E-state index contributed by atoms with van der Waals surface area (Å²) in [5, 5.41) is 8.52. The smallest absolute Gasteiger partial charge is 0.303 e. The van der Waals surface area contributed by atoms with E-state index in [0.29, 0.717) is 37.8 Å². The molecule has 1 N–H and O–H groups in total. The Labute approximate surface area is 113 Å². The topological polar surface area (TPSA) is 74.7 Å². The summed E-state index contributed by atoms with van der Waals surface area (Å²) in [5.74, 6) is -1.27. The molecule has 0 aromatic carbocycles. The van der Waals surface area contributed by atoms with E-state index in [-0.39, 0.29) is 18.2 Å². The molecule has 5 nitrogen and oxygen atoms in total. The van der Waals surface area contributed by atoms with Crippen molar-refractivity contribution in [1.82, 2.24) is 4.90 Å². The first-order chi connectivity index (χ1) is 8.75. The minimum Gasteiger partial charge on any atom is -0.481 e. The maximum absolute atomic E-state index is 12.1. The van der Waals surface area contributed by atoms with E-state index < -0.39 is 11.4 Å². The minimum atomic E-state index is -0.820. The number of hydrogen-bond acceptors (Lipinski definition) is 3. The molecule has 0 atom stereocenters. The summed E-state index contributed by atoms with van der Waals surface area (Å²) in [5.41, 5.74) is -0.110. The van der Waals surface area contributed by atoms with Gasteiger partial charge >= 0.3 is 5.97 Å². The summed E-state index contributed by atoms with van der Waals surface area (Å²) in [4.78, 5) is 35.7. The van der Waals surface area contributed by atoms with Gasteiger partial charge in [0.1, 0.15) is 0 Å². The van der Waals surface area contributed by atoms with Crippen LogP contribution < -0.4 is 0 Å². The van der Waals surface area contributed by atoms with Crippen LogP contribution in [0.25, 0.3) is 0 Å². The Morgan fingerprint density at radius 2 is 1.95 bits per heavy atom. The average Bonchev–Trinajstić information content (AvgIpc) is 2.29. The molecule has 0 bridgehead atoms. The van der Waals surface area contributed by atoms with Crippen molar-refractivity contribution in [2.24, 2.45) is 5.41 Å². The molecule has 0 aromatic heterocycles. The molecule has 1 aliphatic rings. The highest BCUT2D eigenvalue weighted by molar-refractivity contribution is 6.08. The van der Waals surface area contributed by atoms with E-state index >= 15 is 0 Å². The third-order valence-corrected chi connectivity index (χ3v) is 3.30. The Bertz CT molecular complexity index is 412. The van der Waals surface area contributed by atoms with E-state index in [9.17, 15) is 14.4 Å². The van der Waals surface area contributed by atoms with Gasteiger partial charge in [0, 0.05) is 24.0 Å². The van der Waals surface area contributed by atoms with E-state index in [4.69, 9.17) is 5.11 Å². The number of carbonyl (C=O) groups excluding carboxylic acids is 2. The van der Waals surface area contributed by atoms with Crippen LogP contribution in [0.1, 0.15) is 46.0 Å². The van der Waals surface area contributed by atoms with Crippen molar-refractivity contribution >= 4 is 17.8 Å². The SMILES string of the molecule is C=C1CC(C)(C)C(=O)N(CCCCCC(=O)O)C1=O. The number of carboxylic acid groups (broad SMARTS) is 1. The van der Waals surface area contributed by atoms with E-state index in [1.807, 2.05) is 13.8 Å². The van der Waals surface area contributed by atoms with Crippen LogP contribution in [0.3, 0.4) is 0 Å². The molecule has 0 unspecified atom stereocenters. The number of nitrogens with zero attached hydrogens (tertiary/aromatic N) is 1. The van der Waals surface area contributed by atoms with E-state index in [2.05, 4.69) is 6.58 Å². The van der Waals surface area contributed by atoms with Crippen LogP contribution in [-0.2, 0) is 14.4 Å². The van der Waals surface area contributed by atoms with Crippen molar-refractivity contribution in [3.05, 3.63) is 12.2 Å². The fourth-order valence-electron chi connectivity index (χ4n) is 2.26. The zero-order valence-corrected chi connectivity index (χ0v) is 11.6. The summed E-state index contributed by atoms with van der Waals surface area (Å²) < 4.78 is 0. The van der Waals surface area contributed by atoms with Crippen LogP contribution in [0.15, 0.2) is 12.2 Å². The fourth-order valence-corrected chi connectivity index (χ4v) is 2.26. The molecular weight excluding hydrogens is 246 g/mol. The van der Waals surface area contributed by atoms with Gasteiger partial charge in [-0.25, -0.2) is 0 Å². The van der Waals surface area contributed by atoms with Crippen LogP contribution in [-0.4, -0.2) is 34.3 Å². The molecule has 5 heteroatoms. The fraction of sp³-hybridized carbons (Fsp3) is 0.643. The molecule has 19 heavy (non-hydrogen) atoms. The number of amides is 2. The molecule has 106 valence electrons. The molecule has 0 radical (unpaired) electrons. The Kier molecular flexibility index (Phi) is 4.86. The summed E-state index contributed by atoms with van der Waals surface area (Å²) in [6.45, 7) is 7.69. The van der Waals surface area contributed by atoms with Gasteiger partial charge in [0.15, 0.2) is 0 Å². The second-order valence-electron chi connectivity index (χ2n) is 5.63. The van der Waals surface area contributed by atoms with Crippen LogP contribution in [0.5, 0.6) is 0 Å². The number of likely N-dealkylation sites (tertiary alicyclic amines) is 1. The van der Waals surface area contributed by atoms with Gasteiger partial charge in [0.25, 0.3) is 5.91 Å². The molecule has 1 aliphatic heterocycles. The van der Waals surface area contributed by atoms with Crippen LogP contribution in [0.2, 0.25) is 0 Å². The van der Waals surface area contributed by atoms with Crippen molar-refractivity contribution in [2.75, 3.05) is 6.54 Å². The Morgan fingerprint density at radius 1 is 1.32 bits per heavy atom. The molecule has 1 fully saturated rings. The lowest BCUT2D eigenvalue weighted by Crippen LogP contribution is -2.50. The Morgan fingerprint density at radius 3 is 2.53 bits per heavy atom. The lowest BCUT2D eigenvalue weighted by Gasteiger charge is -2.36. The first kappa shape index (κ1) is 15.4. The summed E-state index contributed by atoms with van der Waals surface area (Å²) in [6.07, 6.45) is 2.42. The van der Waals surface area contributed by atoms with Crippen molar-refractivity contribution in [3.8, 4) is 0 Å². The maximum Gasteiger partial charge on any atom is 0.303 e. The van der Waals surface area contributed by atoms with Crippen molar-refractivity contribution < 1.29 is 19.5 Å². The normalized spacial score (nSPS) is 18.8. The lowest BCUT2D eigenvalue weighted by molar-refractivity contribution is -0.152. The number of rotatable bonds is 6. The van der Waals surface area contributed by atoms with E-state index in [1.54, 1.807) is 0 Å². The lowest BCUT2D eigenvalue weighted by atomic mass is 9.80. The Hall–Kier alpha value is -1.65. The predicted octanol–water partition coefficient (Wildman–Crippen LogP) is 1.97. The number of aliphatic carboxylic acids is 1. The van der Waals surface area contributed by atoms with Crippen LogP contribution in [0, 0.1) is 5.41 Å². The number of hydrogen-bond donors (Lipinski definition) is 1. The standard InChI is InChI=1S/C14H21NO4/c1-10-9-14(2,3)13(19)15(12(10)18)8-6-4-5-7-11(16)17/h1,4-9H2,2-3H3,(H,16,17). The van der Waals surface area contributed by atoms with Crippen molar-refractivity contribution in [1.29, 1.82) is 0 Å². The average molecular weight is 267 g/mol. The highest BCUT2D eigenvalue weighted by Gasteiger charge is 2.41. The van der Waals surface area contributed by atoms with Gasteiger partial charge in [-0.05, 0) is 19.3 Å². The van der Waals surface area contributed by atoms with E-state index in [0.717, 1.165) is 0 Å². The number of carbonyl (C=O) groups is 3. The van der Waals surface area contributed by atoms with Gasteiger partial charge < -0.3 is 5.11 Å². The second kappa shape index (κ2) is 5.99. The third-order valence-electron chi connectivity index (χ3n) is 3.30. The molecule has 1 rings (SSSR count). The van der Waals surface area contributed by atoms with Crippen LogP contribution >= 0.6 is 0 Å². The van der Waals surface area contributed by atoms with Crippen LogP contribution in [0.4, 0.5) is 0 Å². The van der Waals surface area contributed by atoms with Crippen molar-refractivity contribution in [2.45, 2.75) is 46.0 Å². The summed E-state index contributed by atoms with van der Waals surface area (Å²) >= 11 is 0. The van der Waals surface area contributed by atoms with Gasteiger partial charge in [-0.1, -0.05) is 26.8 Å². The molecule has 0 spiro atoms. The summed E-state index contributed by atoms with van der Waals surface area (Å²) in [7, 11) is 0. The van der Waals surface area contributed by atoms with Gasteiger partial charge in [-0.15, -0.1) is 0 Å². The number of unbranched alkanes of at least 4 members (excludes halogenated alkanes) is 2. The molecule has 0 saturated carbocycles. The molecular formula is C14H21NO4. The number of piperidine rings is 1. The molecule has 0 aromatic rings. The monoisotopic (exact) mass is 267 g/mol. The first-order valence-electron chi connectivity index (χ1n) is 6.51. The molecule has 2 amide bonds. The van der Waals surface area contributed by atoms with E-state index in [1.165, 1.54) is 4.90 Å². The number of imide groups is 1. The van der Waals surface area contributed by atoms with Gasteiger partial charge in [0.2, 0.25) is 5.91 Å². The largest absolute Gasteiger partial charge is 0.481 e. The number of carboxylic acids is 1. The quantitative estimate of drug-likeness (QED) is 0.453. The predicted molar refractivity (Wildman–Crippen MR) is 70.4 cm³/mol.